The fraction of sp³-hybridized carbons (Fsp3) is 0.0169. The highest BCUT2D eigenvalue weighted by molar-refractivity contribution is 6.10. The van der Waals surface area contributed by atoms with Crippen LogP contribution in [-0.4, -0.2) is 0 Å². The Kier molecular flexibility index (Phi) is 7.83. The third-order valence-electron chi connectivity index (χ3n) is 12.9. The number of hydrogen-bond donors (Lipinski definition) is 0. The van der Waals surface area contributed by atoms with Gasteiger partial charge in [0, 0.05) is 17.1 Å². The van der Waals surface area contributed by atoms with Crippen LogP contribution in [0.5, 0.6) is 0 Å². The van der Waals surface area contributed by atoms with E-state index in [1.165, 1.54) is 87.6 Å². The molecule has 0 atom stereocenters. The zero-order valence-electron chi connectivity index (χ0n) is 33.0. The van der Waals surface area contributed by atoms with E-state index in [2.05, 4.69) is 241 Å². The lowest BCUT2D eigenvalue weighted by atomic mass is 9.67. The summed E-state index contributed by atoms with van der Waals surface area (Å²) in [5, 5.41) is 10.0. The van der Waals surface area contributed by atoms with E-state index in [0.717, 1.165) is 17.1 Å². The number of nitrogens with zero attached hydrogens (tertiary/aromatic N) is 1. The van der Waals surface area contributed by atoms with Crippen LogP contribution in [-0.2, 0) is 5.41 Å². The summed E-state index contributed by atoms with van der Waals surface area (Å²) in [5.41, 5.74) is 13.1. The normalized spacial score (nSPS) is 12.8. The minimum Gasteiger partial charge on any atom is -0.310 e. The number of hydrogen-bond acceptors (Lipinski definition) is 1. The summed E-state index contributed by atoms with van der Waals surface area (Å²) in [4.78, 5) is 2.40. The summed E-state index contributed by atoms with van der Waals surface area (Å²) < 4.78 is 0. The Balaban J connectivity index is 0.991. The zero-order valence-corrected chi connectivity index (χ0v) is 33.0. The zero-order chi connectivity index (χ0) is 39.6. The molecule has 12 rings (SSSR count). The molecular formula is C59H39N. The molecule has 0 heterocycles. The molecule has 60 heavy (non-hydrogen) atoms. The van der Waals surface area contributed by atoms with Gasteiger partial charge in [-0.25, -0.2) is 0 Å². The van der Waals surface area contributed by atoms with Crippen LogP contribution in [0.4, 0.5) is 17.1 Å². The Hall–Kier alpha value is -7.74. The van der Waals surface area contributed by atoms with Gasteiger partial charge in [0.05, 0.1) is 5.41 Å². The molecule has 1 aliphatic rings. The lowest BCUT2D eigenvalue weighted by molar-refractivity contribution is 0.768. The predicted octanol–water partition coefficient (Wildman–Crippen LogP) is 15.8. The predicted molar refractivity (Wildman–Crippen MR) is 254 cm³/mol. The molecule has 0 saturated carbocycles. The Bertz CT molecular complexity index is 3260. The van der Waals surface area contributed by atoms with Crippen LogP contribution in [0.3, 0.4) is 0 Å². The van der Waals surface area contributed by atoms with Gasteiger partial charge in [-0.05, 0) is 130 Å². The van der Waals surface area contributed by atoms with Crippen LogP contribution in [0.2, 0.25) is 0 Å². The van der Waals surface area contributed by atoms with Gasteiger partial charge < -0.3 is 4.90 Å². The maximum absolute atomic E-state index is 2.41. The Morgan fingerprint density at radius 1 is 0.267 bits per heavy atom. The lowest BCUT2D eigenvalue weighted by Gasteiger charge is -2.33. The molecule has 0 aliphatic heterocycles. The van der Waals surface area contributed by atoms with Crippen molar-refractivity contribution in [3.63, 3.8) is 0 Å². The van der Waals surface area contributed by atoms with Gasteiger partial charge in [-0.2, -0.15) is 0 Å². The van der Waals surface area contributed by atoms with Crippen LogP contribution in [0.25, 0.3) is 65.3 Å². The molecule has 0 amide bonds. The average molecular weight is 762 g/mol. The first-order valence-corrected chi connectivity index (χ1v) is 20.8. The van der Waals surface area contributed by atoms with Gasteiger partial charge in [-0.15, -0.1) is 0 Å². The summed E-state index contributed by atoms with van der Waals surface area (Å²) in [7, 11) is 0. The van der Waals surface area contributed by atoms with Crippen molar-refractivity contribution in [2.24, 2.45) is 0 Å². The van der Waals surface area contributed by atoms with E-state index in [4.69, 9.17) is 0 Å². The SMILES string of the molecule is c1ccc(C2(c3ccccc3)c3ccccc3-c3cc(-c4ccc(N(c5ccc6c(ccc7ccccc76)c5)c5ccc6c(ccc7ccccc76)c5)cc4)ccc32)cc1. The molecule has 1 heteroatoms. The third kappa shape index (κ3) is 5.26. The second-order valence-corrected chi connectivity index (χ2v) is 16.1. The van der Waals surface area contributed by atoms with E-state index >= 15 is 0 Å². The summed E-state index contributed by atoms with van der Waals surface area (Å²) in [6.07, 6.45) is 0. The van der Waals surface area contributed by atoms with Crippen LogP contribution in [0, 0.1) is 0 Å². The standard InChI is InChI=1S/C59H39N/c1-3-15-46(16-4-1)59(47-17-5-2-6-18-47)57-22-12-11-21-55(57)56-39-43(29-36-58(56)59)40-27-30-48(31-28-40)60(49-32-34-53-44(37-49)25-23-41-13-7-9-19-51(41)53)50-33-35-54-45(38-50)26-24-42-14-8-10-20-52(42)54/h1-39H. The van der Waals surface area contributed by atoms with Crippen LogP contribution in [0.1, 0.15) is 22.3 Å². The first kappa shape index (κ1) is 34.3. The molecule has 0 saturated heterocycles. The molecule has 0 radical (unpaired) electrons. The molecule has 0 aromatic heterocycles. The molecule has 1 aliphatic carbocycles. The highest BCUT2D eigenvalue weighted by Gasteiger charge is 2.45. The van der Waals surface area contributed by atoms with Crippen molar-refractivity contribution in [1.82, 2.24) is 0 Å². The van der Waals surface area contributed by atoms with Crippen LogP contribution >= 0.6 is 0 Å². The van der Waals surface area contributed by atoms with Crippen molar-refractivity contribution in [2.75, 3.05) is 4.90 Å². The van der Waals surface area contributed by atoms with Crippen molar-refractivity contribution < 1.29 is 0 Å². The average Bonchev–Trinajstić information content (AvgIpc) is 3.62. The number of benzene rings is 11. The Labute approximate surface area is 350 Å². The fourth-order valence-electron chi connectivity index (χ4n) is 10.2. The molecule has 11 aromatic carbocycles. The minimum atomic E-state index is -0.407. The largest absolute Gasteiger partial charge is 0.310 e. The smallest absolute Gasteiger partial charge is 0.0713 e. The topological polar surface area (TPSA) is 3.24 Å². The van der Waals surface area contributed by atoms with E-state index in [9.17, 15) is 0 Å². The van der Waals surface area contributed by atoms with E-state index in [0.29, 0.717) is 0 Å². The van der Waals surface area contributed by atoms with Crippen molar-refractivity contribution in [1.29, 1.82) is 0 Å². The quantitative estimate of drug-likeness (QED) is 0.153. The number of anilines is 3. The summed E-state index contributed by atoms with van der Waals surface area (Å²) in [6.45, 7) is 0. The van der Waals surface area contributed by atoms with Gasteiger partial charge >= 0.3 is 0 Å². The highest BCUT2D eigenvalue weighted by Crippen LogP contribution is 2.56. The molecule has 0 fully saturated rings. The van der Waals surface area contributed by atoms with Gasteiger partial charge in [0.25, 0.3) is 0 Å². The molecule has 0 spiro atoms. The van der Waals surface area contributed by atoms with Crippen molar-refractivity contribution in [3.8, 4) is 22.3 Å². The van der Waals surface area contributed by atoms with E-state index in [1.807, 2.05) is 0 Å². The molecule has 0 unspecified atom stereocenters. The van der Waals surface area contributed by atoms with Crippen molar-refractivity contribution in [2.45, 2.75) is 5.41 Å². The van der Waals surface area contributed by atoms with Gasteiger partial charge in [0.2, 0.25) is 0 Å². The van der Waals surface area contributed by atoms with Gasteiger partial charge in [-0.3, -0.25) is 0 Å². The van der Waals surface area contributed by atoms with Crippen LogP contribution < -0.4 is 4.90 Å². The van der Waals surface area contributed by atoms with E-state index in [-0.39, 0.29) is 0 Å². The number of fused-ring (bicyclic) bond motifs is 9. The molecule has 1 nitrogen and oxygen atoms in total. The highest BCUT2D eigenvalue weighted by atomic mass is 15.1. The maximum Gasteiger partial charge on any atom is 0.0713 e. The van der Waals surface area contributed by atoms with Crippen LogP contribution in [0.15, 0.2) is 237 Å². The summed E-state index contributed by atoms with van der Waals surface area (Å²) in [6, 6.07) is 87.4. The third-order valence-corrected chi connectivity index (χ3v) is 12.9. The number of rotatable bonds is 6. The fourth-order valence-corrected chi connectivity index (χ4v) is 10.2. The molecule has 11 aromatic rings. The minimum absolute atomic E-state index is 0.407. The molecule has 0 N–H and O–H groups in total. The summed E-state index contributed by atoms with van der Waals surface area (Å²) >= 11 is 0. The molecule has 0 bridgehead atoms. The van der Waals surface area contributed by atoms with Crippen molar-refractivity contribution in [3.05, 3.63) is 259 Å². The monoisotopic (exact) mass is 761 g/mol. The van der Waals surface area contributed by atoms with Crippen molar-refractivity contribution >= 4 is 60.2 Å². The van der Waals surface area contributed by atoms with Gasteiger partial charge in [-0.1, -0.05) is 194 Å². The summed E-state index contributed by atoms with van der Waals surface area (Å²) in [5.74, 6) is 0. The maximum atomic E-state index is 2.41. The molecule has 280 valence electrons. The lowest BCUT2D eigenvalue weighted by Crippen LogP contribution is -2.28. The Morgan fingerprint density at radius 2 is 0.717 bits per heavy atom. The van der Waals surface area contributed by atoms with E-state index in [1.54, 1.807) is 0 Å². The Morgan fingerprint density at radius 3 is 1.32 bits per heavy atom. The first-order valence-electron chi connectivity index (χ1n) is 20.8. The first-order chi connectivity index (χ1) is 29.7. The van der Waals surface area contributed by atoms with E-state index < -0.39 is 5.41 Å². The van der Waals surface area contributed by atoms with Gasteiger partial charge in [0.1, 0.15) is 0 Å². The molecular weight excluding hydrogens is 723 g/mol. The second kappa shape index (κ2) is 13.7. The van der Waals surface area contributed by atoms with Gasteiger partial charge in [0.15, 0.2) is 0 Å². The second-order valence-electron chi connectivity index (χ2n) is 16.1.